The van der Waals surface area contributed by atoms with Gasteiger partial charge in [0.05, 0.1) is 0 Å². The van der Waals surface area contributed by atoms with Crippen LogP contribution in [0.2, 0.25) is 0 Å². The van der Waals surface area contributed by atoms with Gasteiger partial charge in [-0.25, -0.2) is 0 Å². The van der Waals surface area contributed by atoms with Crippen molar-refractivity contribution in [3.63, 3.8) is 0 Å². The van der Waals surface area contributed by atoms with E-state index in [-0.39, 0.29) is 6.04 Å². The van der Waals surface area contributed by atoms with Gasteiger partial charge in [-0.15, -0.1) is 0 Å². The Bertz CT molecular complexity index is 442. The molecule has 3 atom stereocenters. The van der Waals surface area contributed by atoms with Crippen LogP contribution in [0, 0.1) is 20.8 Å². The first-order chi connectivity index (χ1) is 8.31. The summed E-state index contributed by atoms with van der Waals surface area (Å²) >= 11 is 0. The van der Waals surface area contributed by atoms with Gasteiger partial charge in [-0.05, 0) is 56.9 Å². The van der Waals surface area contributed by atoms with Crippen molar-refractivity contribution in [2.75, 3.05) is 12.0 Å². The highest BCUT2D eigenvalue weighted by Gasteiger charge is 2.13. The van der Waals surface area contributed by atoms with Gasteiger partial charge in [-0.3, -0.25) is 4.21 Å². The Hall–Kier alpha value is -0.670. The monoisotopic (exact) mass is 267 g/mol. The first-order valence-electron chi connectivity index (χ1n) is 6.45. The number of hydrogen-bond acceptors (Lipinski definition) is 2. The molecule has 0 aliphatic rings. The minimum atomic E-state index is -0.744. The van der Waals surface area contributed by atoms with Crippen molar-refractivity contribution in [3.8, 4) is 0 Å². The number of hydrogen-bond donors (Lipinski definition) is 1. The lowest BCUT2D eigenvalue weighted by molar-refractivity contribution is 0.506. The van der Waals surface area contributed by atoms with Crippen LogP contribution in [-0.2, 0) is 10.8 Å². The van der Waals surface area contributed by atoms with Crippen LogP contribution in [0.4, 0.5) is 0 Å². The molecule has 0 spiro atoms. The van der Waals surface area contributed by atoms with Crippen LogP contribution in [-0.4, -0.2) is 22.3 Å². The molecular weight excluding hydrogens is 242 g/mol. The van der Waals surface area contributed by atoms with E-state index in [1.54, 1.807) is 6.26 Å². The second kappa shape index (κ2) is 6.48. The summed E-state index contributed by atoms with van der Waals surface area (Å²) in [6, 6.07) is 5.07. The highest BCUT2D eigenvalue weighted by atomic mass is 32.2. The predicted octanol–water partition coefficient (Wildman–Crippen LogP) is 3.03. The molecule has 0 fully saturated rings. The zero-order valence-electron chi connectivity index (χ0n) is 12.3. The quantitative estimate of drug-likeness (QED) is 0.888. The van der Waals surface area contributed by atoms with Gasteiger partial charge in [-0.1, -0.05) is 12.1 Å². The normalized spacial score (nSPS) is 16.3. The van der Waals surface area contributed by atoms with Crippen molar-refractivity contribution in [2.45, 2.75) is 46.7 Å². The lowest BCUT2D eigenvalue weighted by Gasteiger charge is -2.22. The second-order valence-electron chi connectivity index (χ2n) is 5.32. The second-order valence-corrected chi connectivity index (χ2v) is 6.80. The van der Waals surface area contributed by atoms with E-state index in [4.69, 9.17) is 0 Å². The van der Waals surface area contributed by atoms with Crippen LogP contribution < -0.4 is 5.32 Å². The smallest absolute Gasteiger partial charge is 0.0383 e. The third kappa shape index (κ3) is 4.21. The summed E-state index contributed by atoms with van der Waals surface area (Å²) in [5.74, 6) is 0.703. The van der Waals surface area contributed by atoms with Gasteiger partial charge >= 0.3 is 0 Å². The van der Waals surface area contributed by atoms with Gasteiger partial charge in [-0.2, -0.15) is 0 Å². The summed E-state index contributed by atoms with van der Waals surface area (Å²) in [5, 5.41) is 3.52. The van der Waals surface area contributed by atoms with E-state index < -0.39 is 10.8 Å². The average molecular weight is 267 g/mol. The zero-order chi connectivity index (χ0) is 13.9. The van der Waals surface area contributed by atoms with Crippen molar-refractivity contribution < 1.29 is 4.21 Å². The van der Waals surface area contributed by atoms with E-state index in [0.717, 1.165) is 0 Å². The van der Waals surface area contributed by atoms with Crippen molar-refractivity contribution in [1.29, 1.82) is 0 Å². The van der Waals surface area contributed by atoms with Crippen LogP contribution >= 0.6 is 0 Å². The lowest BCUT2D eigenvalue weighted by atomic mass is 9.96. The van der Waals surface area contributed by atoms with Crippen LogP contribution in [0.1, 0.15) is 42.1 Å². The molecular formula is C15H25NOS. The van der Waals surface area contributed by atoms with E-state index in [1.807, 2.05) is 0 Å². The lowest BCUT2D eigenvalue weighted by Crippen LogP contribution is -2.33. The van der Waals surface area contributed by atoms with Crippen molar-refractivity contribution in [1.82, 2.24) is 5.32 Å². The molecule has 1 rings (SSSR count). The highest BCUT2D eigenvalue weighted by molar-refractivity contribution is 7.84. The fourth-order valence-electron chi connectivity index (χ4n) is 2.37. The van der Waals surface area contributed by atoms with Crippen molar-refractivity contribution in [2.24, 2.45) is 0 Å². The number of rotatable bonds is 5. The van der Waals surface area contributed by atoms with Gasteiger partial charge in [0, 0.05) is 34.9 Å². The molecule has 18 heavy (non-hydrogen) atoms. The molecule has 102 valence electrons. The molecule has 0 saturated carbocycles. The van der Waals surface area contributed by atoms with Gasteiger partial charge in [0.1, 0.15) is 0 Å². The highest BCUT2D eigenvalue weighted by Crippen LogP contribution is 2.22. The van der Waals surface area contributed by atoms with Crippen LogP contribution in [0.15, 0.2) is 12.1 Å². The Labute approximate surface area is 114 Å². The van der Waals surface area contributed by atoms with E-state index in [9.17, 15) is 4.21 Å². The summed E-state index contributed by atoms with van der Waals surface area (Å²) in [5.41, 5.74) is 5.33. The summed E-state index contributed by atoms with van der Waals surface area (Å²) in [4.78, 5) is 0. The van der Waals surface area contributed by atoms with Gasteiger partial charge in [0.25, 0.3) is 0 Å². The maximum Gasteiger partial charge on any atom is 0.0383 e. The number of benzene rings is 1. The molecule has 3 heteroatoms. The Morgan fingerprint density at radius 1 is 1.11 bits per heavy atom. The molecule has 0 saturated heterocycles. The Balaban J connectivity index is 2.81. The van der Waals surface area contributed by atoms with Crippen molar-refractivity contribution in [3.05, 3.63) is 34.4 Å². The standard InChI is InChI=1S/C15H25NOS/c1-10-7-12(3)15(8-11(10)2)14(5)16-13(4)9-18(6)17/h7-8,13-14,16H,9H2,1-6H3. The molecule has 0 aromatic heterocycles. The largest absolute Gasteiger partial charge is 0.307 e. The molecule has 0 heterocycles. The number of aryl methyl sites for hydroxylation is 3. The Morgan fingerprint density at radius 3 is 2.22 bits per heavy atom. The first-order valence-corrected chi connectivity index (χ1v) is 8.17. The van der Waals surface area contributed by atoms with E-state index in [2.05, 4.69) is 52.1 Å². The summed E-state index contributed by atoms with van der Waals surface area (Å²) in [7, 11) is -0.744. The van der Waals surface area contributed by atoms with Crippen molar-refractivity contribution >= 4 is 10.8 Å². The van der Waals surface area contributed by atoms with E-state index in [0.29, 0.717) is 11.8 Å². The molecule has 1 N–H and O–H groups in total. The van der Waals surface area contributed by atoms with E-state index >= 15 is 0 Å². The Morgan fingerprint density at radius 2 is 1.67 bits per heavy atom. The maximum atomic E-state index is 11.2. The van der Waals surface area contributed by atoms with Crippen LogP contribution in [0.3, 0.4) is 0 Å². The van der Waals surface area contributed by atoms with Crippen LogP contribution in [0.25, 0.3) is 0 Å². The third-order valence-electron chi connectivity index (χ3n) is 3.37. The SMILES string of the molecule is Cc1cc(C)c(C(C)NC(C)CS(C)=O)cc1C. The summed E-state index contributed by atoms with van der Waals surface area (Å²) in [6.07, 6.45) is 1.75. The molecule has 0 bridgehead atoms. The fourth-order valence-corrected chi connectivity index (χ4v) is 3.17. The average Bonchev–Trinajstić information content (AvgIpc) is 2.21. The molecule has 0 amide bonds. The van der Waals surface area contributed by atoms with Gasteiger partial charge in [0.2, 0.25) is 0 Å². The van der Waals surface area contributed by atoms with Gasteiger partial charge < -0.3 is 5.32 Å². The zero-order valence-corrected chi connectivity index (χ0v) is 13.1. The fraction of sp³-hybridized carbons (Fsp3) is 0.600. The molecule has 2 nitrogen and oxygen atoms in total. The minimum absolute atomic E-state index is 0.270. The third-order valence-corrected chi connectivity index (χ3v) is 4.34. The molecule has 3 unspecified atom stereocenters. The maximum absolute atomic E-state index is 11.2. The molecule has 1 aromatic rings. The molecule has 1 aromatic carbocycles. The Kier molecular flexibility index (Phi) is 5.54. The number of nitrogens with one attached hydrogen (secondary N) is 1. The van der Waals surface area contributed by atoms with Crippen LogP contribution in [0.5, 0.6) is 0 Å². The molecule has 0 aliphatic carbocycles. The van der Waals surface area contributed by atoms with Gasteiger partial charge in [0.15, 0.2) is 0 Å². The summed E-state index contributed by atoms with van der Waals surface area (Å²) in [6.45, 7) is 10.7. The topological polar surface area (TPSA) is 29.1 Å². The molecule has 0 radical (unpaired) electrons. The summed E-state index contributed by atoms with van der Waals surface area (Å²) < 4.78 is 11.2. The predicted molar refractivity (Wildman–Crippen MR) is 80.6 cm³/mol. The minimum Gasteiger partial charge on any atom is -0.307 e. The first kappa shape index (κ1) is 15.4. The molecule has 0 aliphatic heterocycles. The van der Waals surface area contributed by atoms with E-state index in [1.165, 1.54) is 22.3 Å².